The molecule has 1 N–H and O–H groups in total. The number of hydrogen-bond acceptors (Lipinski definition) is 3. The zero-order chi connectivity index (χ0) is 15.8. The second-order valence-corrected chi connectivity index (χ2v) is 6.04. The average molecular weight is 306 g/mol. The molecule has 1 aromatic carbocycles. The minimum absolute atomic E-state index is 0.0724. The Balaban J connectivity index is 1.55. The molecule has 1 aliphatic carbocycles. The molecule has 1 atom stereocenters. The number of aromatic nitrogens is 3. The molecule has 0 saturated carbocycles. The molecule has 1 aliphatic rings. The van der Waals surface area contributed by atoms with Crippen LogP contribution in [-0.2, 0) is 12.8 Å². The molecule has 2 heterocycles. The van der Waals surface area contributed by atoms with E-state index in [2.05, 4.69) is 39.7 Å². The summed E-state index contributed by atoms with van der Waals surface area (Å²) in [6.45, 7) is 1.90. The maximum Gasteiger partial charge on any atom is 0.254 e. The normalized spacial score (nSPS) is 17.0. The van der Waals surface area contributed by atoms with Crippen molar-refractivity contribution in [1.82, 2.24) is 19.9 Å². The maximum absolute atomic E-state index is 12.6. The lowest BCUT2D eigenvalue weighted by molar-refractivity contribution is 0.0932. The first-order valence-corrected chi connectivity index (χ1v) is 7.89. The molecule has 2 aromatic heterocycles. The number of carbonyl (C=O) groups is 1. The molecular formula is C18H18N4O. The first-order chi connectivity index (χ1) is 11.2. The van der Waals surface area contributed by atoms with Crippen LogP contribution in [0.15, 0.2) is 42.7 Å². The van der Waals surface area contributed by atoms with Crippen LogP contribution in [0.25, 0.3) is 5.65 Å². The summed E-state index contributed by atoms with van der Waals surface area (Å²) in [4.78, 5) is 16.9. The molecular weight excluding hydrogens is 288 g/mol. The van der Waals surface area contributed by atoms with Crippen molar-refractivity contribution in [2.45, 2.75) is 32.2 Å². The summed E-state index contributed by atoms with van der Waals surface area (Å²) in [5.74, 6) is -0.0724. The number of carbonyl (C=O) groups excluding carboxylic acids is 1. The Morgan fingerprint density at radius 1 is 1.26 bits per heavy atom. The predicted molar refractivity (Wildman–Crippen MR) is 87.4 cm³/mol. The maximum atomic E-state index is 12.6. The third kappa shape index (κ3) is 2.48. The zero-order valence-corrected chi connectivity index (χ0v) is 13.0. The van der Waals surface area contributed by atoms with E-state index in [0.717, 1.165) is 30.6 Å². The van der Waals surface area contributed by atoms with Crippen LogP contribution >= 0.6 is 0 Å². The van der Waals surface area contributed by atoms with Gasteiger partial charge in [-0.05, 0) is 37.3 Å². The fourth-order valence-electron chi connectivity index (χ4n) is 3.30. The summed E-state index contributed by atoms with van der Waals surface area (Å²) in [5.41, 5.74) is 4.88. The van der Waals surface area contributed by atoms with Crippen LogP contribution in [0.5, 0.6) is 0 Å². The van der Waals surface area contributed by atoms with Crippen LogP contribution in [-0.4, -0.2) is 26.5 Å². The van der Waals surface area contributed by atoms with Gasteiger partial charge in [0.1, 0.15) is 0 Å². The Kier molecular flexibility index (Phi) is 3.33. The predicted octanol–water partition coefficient (Wildman–Crippen LogP) is 2.33. The molecule has 0 aliphatic heterocycles. The highest BCUT2D eigenvalue weighted by atomic mass is 16.1. The van der Waals surface area contributed by atoms with Gasteiger partial charge in [0.2, 0.25) is 0 Å². The standard InChI is InChI=1S/C18H18N4O/c1-12-16(11-19-17-8-9-20-22(12)17)18(23)21-15-7-6-13-4-2-3-5-14(13)10-15/h2-5,8-9,11,15H,6-7,10H2,1H3,(H,21,23)/t15-/m0/s1. The summed E-state index contributed by atoms with van der Waals surface area (Å²) >= 11 is 0. The molecule has 0 bridgehead atoms. The lowest BCUT2D eigenvalue weighted by Crippen LogP contribution is -2.39. The molecule has 0 fully saturated rings. The van der Waals surface area contributed by atoms with Gasteiger partial charge >= 0.3 is 0 Å². The van der Waals surface area contributed by atoms with Crippen molar-refractivity contribution >= 4 is 11.6 Å². The van der Waals surface area contributed by atoms with Gasteiger partial charge < -0.3 is 5.32 Å². The summed E-state index contributed by atoms with van der Waals surface area (Å²) in [7, 11) is 0. The van der Waals surface area contributed by atoms with Crippen molar-refractivity contribution < 1.29 is 4.79 Å². The Hall–Kier alpha value is -2.69. The van der Waals surface area contributed by atoms with E-state index >= 15 is 0 Å². The van der Waals surface area contributed by atoms with Gasteiger partial charge in [-0.25, -0.2) is 9.50 Å². The minimum atomic E-state index is -0.0724. The second-order valence-electron chi connectivity index (χ2n) is 6.04. The van der Waals surface area contributed by atoms with E-state index in [1.165, 1.54) is 11.1 Å². The first kappa shape index (κ1) is 13.9. The van der Waals surface area contributed by atoms with Crippen molar-refractivity contribution in [3.8, 4) is 0 Å². The highest BCUT2D eigenvalue weighted by molar-refractivity contribution is 5.95. The van der Waals surface area contributed by atoms with E-state index in [0.29, 0.717) is 5.56 Å². The van der Waals surface area contributed by atoms with Gasteiger partial charge in [-0.15, -0.1) is 0 Å². The van der Waals surface area contributed by atoms with Crippen LogP contribution < -0.4 is 5.32 Å². The SMILES string of the molecule is Cc1c(C(=O)N[C@H]2CCc3ccccc3C2)cnc2ccnn12. The Morgan fingerprint density at radius 3 is 2.96 bits per heavy atom. The van der Waals surface area contributed by atoms with Crippen molar-refractivity contribution in [2.24, 2.45) is 0 Å². The topological polar surface area (TPSA) is 59.3 Å². The van der Waals surface area contributed by atoms with Gasteiger partial charge in [0.25, 0.3) is 5.91 Å². The highest BCUT2D eigenvalue weighted by Crippen LogP contribution is 2.21. The van der Waals surface area contributed by atoms with E-state index in [1.807, 2.05) is 13.0 Å². The van der Waals surface area contributed by atoms with Gasteiger partial charge in [0.15, 0.2) is 5.65 Å². The van der Waals surface area contributed by atoms with Gasteiger partial charge in [-0.2, -0.15) is 5.10 Å². The fraction of sp³-hybridized carbons (Fsp3) is 0.278. The lowest BCUT2D eigenvalue weighted by Gasteiger charge is -2.25. The number of amides is 1. The number of fused-ring (bicyclic) bond motifs is 2. The van der Waals surface area contributed by atoms with Crippen LogP contribution in [0, 0.1) is 6.92 Å². The number of nitrogens with zero attached hydrogens (tertiary/aromatic N) is 3. The Labute approximate surface area is 134 Å². The minimum Gasteiger partial charge on any atom is -0.349 e. The molecule has 0 saturated heterocycles. The molecule has 0 radical (unpaired) electrons. The molecule has 5 nitrogen and oxygen atoms in total. The molecule has 0 spiro atoms. The van der Waals surface area contributed by atoms with Gasteiger partial charge in [0, 0.05) is 18.3 Å². The van der Waals surface area contributed by atoms with Crippen molar-refractivity contribution in [3.63, 3.8) is 0 Å². The van der Waals surface area contributed by atoms with E-state index < -0.39 is 0 Å². The fourth-order valence-corrected chi connectivity index (χ4v) is 3.30. The molecule has 0 unspecified atom stereocenters. The Bertz CT molecular complexity index is 884. The molecule has 23 heavy (non-hydrogen) atoms. The third-order valence-corrected chi connectivity index (χ3v) is 4.58. The van der Waals surface area contributed by atoms with E-state index in [1.54, 1.807) is 16.9 Å². The largest absolute Gasteiger partial charge is 0.349 e. The zero-order valence-electron chi connectivity index (χ0n) is 13.0. The van der Waals surface area contributed by atoms with Crippen LogP contribution in [0.2, 0.25) is 0 Å². The quantitative estimate of drug-likeness (QED) is 0.790. The average Bonchev–Trinajstić information content (AvgIpc) is 3.04. The van der Waals surface area contributed by atoms with E-state index in [4.69, 9.17) is 0 Å². The summed E-state index contributed by atoms with van der Waals surface area (Å²) < 4.78 is 1.70. The molecule has 3 aromatic rings. The number of hydrogen-bond donors (Lipinski definition) is 1. The Morgan fingerprint density at radius 2 is 2.09 bits per heavy atom. The summed E-state index contributed by atoms with van der Waals surface area (Å²) in [5, 5.41) is 7.37. The number of nitrogens with one attached hydrogen (secondary N) is 1. The smallest absolute Gasteiger partial charge is 0.254 e. The highest BCUT2D eigenvalue weighted by Gasteiger charge is 2.21. The van der Waals surface area contributed by atoms with Gasteiger partial charge in [-0.3, -0.25) is 4.79 Å². The second kappa shape index (κ2) is 5.50. The van der Waals surface area contributed by atoms with Crippen molar-refractivity contribution in [1.29, 1.82) is 0 Å². The summed E-state index contributed by atoms with van der Waals surface area (Å²) in [6.07, 6.45) is 6.20. The number of rotatable bonds is 2. The van der Waals surface area contributed by atoms with E-state index in [-0.39, 0.29) is 11.9 Å². The summed E-state index contributed by atoms with van der Waals surface area (Å²) in [6, 6.07) is 10.5. The molecule has 4 rings (SSSR count). The van der Waals surface area contributed by atoms with Crippen LogP contribution in [0.4, 0.5) is 0 Å². The van der Waals surface area contributed by atoms with Crippen molar-refractivity contribution in [2.75, 3.05) is 0 Å². The first-order valence-electron chi connectivity index (χ1n) is 7.89. The molecule has 1 amide bonds. The lowest BCUT2D eigenvalue weighted by atomic mass is 9.88. The van der Waals surface area contributed by atoms with Crippen LogP contribution in [0.1, 0.15) is 33.6 Å². The molecule has 5 heteroatoms. The third-order valence-electron chi connectivity index (χ3n) is 4.58. The number of aryl methyl sites for hydroxylation is 2. The van der Waals surface area contributed by atoms with Gasteiger partial charge in [0.05, 0.1) is 17.5 Å². The monoisotopic (exact) mass is 306 g/mol. The van der Waals surface area contributed by atoms with Crippen molar-refractivity contribution in [3.05, 3.63) is 65.1 Å². The van der Waals surface area contributed by atoms with Gasteiger partial charge in [-0.1, -0.05) is 24.3 Å². The molecule has 116 valence electrons. The number of benzene rings is 1. The van der Waals surface area contributed by atoms with E-state index in [9.17, 15) is 4.79 Å². The van der Waals surface area contributed by atoms with Crippen LogP contribution in [0.3, 0.4) is 0 Å².